The van der Waals surface area contributed by atoms with Gasteiger partial charge >= 0.3 is 0 Å². The summed E-state index contributed by atoms with van der Waals surface area (Å²) in [5, 5.41) is 10.0. The maximum Gasteiger partial charge on any atom is 0.262 e. The lowest BCUT2D eigenvalue weighted by Crippen LogP contribution is -2.27. The van der Waals surface area contributed by atoms with E-state index in [0.717, 1.165) is 12.4 Å². The third-order valence-electron chi connectivity index (χ3n) is 4.52. The number of rotatable bonds is 8. The number of nitrogens with two attached hydrogens (primary N) is 1. The Morgan fingerprint density at radius 1 is 1.38 bits per heavy atom. The minimum Gasteiger partial charge on any atom is -0.383 e. The van der Waals surface area contributed by atoms with E-state index in [2.05, 4.69) is 34.9 Å². The van der Waals surface area contributed by atoms with Gasteiger partial charge in [-0.15, -0.1) is 0 Å². The van der Waals surface area contributed by atoms with E-state index in [1.54, 1.807) is 23.0 Å². The number of carbonyl (C=O) groups is 2. The van der Waals surface area contributed by atoms with Crippen molar-refractivity contribution in [2.75, 3.05) is 6.61 Å². The number of aromatic nitrogens is 2. The van der Waals surface area contributed by atoms with Crippen LogP contribution in [0, 0.1) is 5.41 Å². The van der Waals surface area contributed by atoms with Gasteiger partial charge in [-0.25, -0.2) is 9.98 Å². The van der Waals surface area contributed by atoms with Gasteiger partial charge in [0.1, 0.15) is 24.6 Å². The predicted molar refractivity (Wildman–Crippen MR) is 114 cm³/mol. The highest BCUT2D eigenvalue weighted by molar-refractivity contribution is 6.76. The fourth-order valence-electron chi connectivity index (χ4n) is 3.05. The summed E-state index contributed by atoms with van der Waals surface area (Å²) >= 11 is 0. The van der Waals surface area contributed by atoms with E-state index in [1.165, 1.54) is 0 Å². The minimum absolute atomic E-state index is 0.0407. The second-order valence-corrected chi connectivity index (χ2v) is 13.5. The van der Waals surface area contributed by atoms with Crippen LogP contribution in [0.4, 0.5) is 0 Å². The zero-order valence-corrected chi connectivity index (χ0v) is 17.7. The molecule has 29 heavy (non-hydrogen) atoms. The molecule has 4 N–H and O–H groups in total. The van der Waals surface area contributed by atoms with Crippen molar-refractivity contribution in [3.8, 4) is 0 Å². The van der Waals surface area contributed by atoms with Crippen LogP contribution in [0.25, 0.3) is 16.6 Å². The first-order valence-electron chi connectivity index (χ1n) is 9.17. The lowest BCUT2D eigenvalue weighted by molar-refractivity contribution is -0.123. The number of hydrogen-bond donors (Lipinski definition) is 3. The zero-order valence-electron chi connectivity index (χ0n) is 16.7. The molecule has 0 aliphatic carbocycles. The molecule has 0 aromatic carbocycles. The van der Waals surface area contributed by atoms with Crippen LogP contribution >= 0.6 is 0 Å². The topological polar surface area (TPSA) is 135 Å². The Balaban J connectivity index is 2.03. The number of imide groups is 1. The summed E-state index contributed by atoms with van der Waals surface area (Å²) in [7, 11) is -1.20. The number of fused-ring (bicyclic) bond motifs is 1. The number of aliphatic imine (C=N–C) groups is 1. The summed E-state index contributed by atoms with van der Waals surface area (Å²) < 4.78 is 7.64. The second kappa shape index (κ2) is 8.09. The van der Waals surface area contributed by atoms with E-state index in [-0.39, 0.29) is 23.7 Å². The highest BCUT2D eigenvalue weighted by Gasteiger charge is 2.35. The molecule has 9 nitrogen and oxygen atoms in total. The summed E-state index contributed by atoms with van der Waals surface area (Å²) in [6.45, 7) is 7.77. The fraction of sp³-hybridized carbons (Fsp3) is 0.316. The van der Waals surface area contributed by atoms with Crippen LogP contribution in [-0.2, 0) is 21.1 Å². The molecule has 1 aliphatic heterocycles. The Morgan fingerprint density at radius 3 is 2.83 bits per heavy atom. The van der Waals surface area contributed by atoms with E-state index in [0.29, 0.717) is 23.2 Å². The molecule has 0 radical (unpaired) electrons. The number of amides is 2. The molecule has 3 rings (SSSR count). The Bertz CT molecular complexity index is 1050. The van der Waals surface area contributed by atoms with Gasteiger partial charge in [-0.1, -0.05) is 19.6 Å². The van der Waals surface area contributed by atoms with Crippen LogP contribution in [0.2, 0.25) is 25.7 Å². The third kappa shape index (κ3) is 4.33. The monoisotopic (exact) mass is 412 g/mol. The van der Waals surface area contributed by atoms with Crippen molar-refractivity contribution in [2.24, 2.45) is 10.7 Å². The van der Waals surface area contributed by atoms with Gasteiger partial charge in [0.2, 0.25) is 0 Å². The van der Waals surface area contributed by atoms with Gasteiger partial charge in [0.25, 0.3) is 11.8 Å². The van der Waals surface area contributed by atoms with E-state index < -0.39 is 19.9 Å². The van der Waals surface area contributed by atoms with E-state index >= 15 is 0 Å². The van der Waals surface area contributed by atoms with Crippen molar-refractivity contribution in [3.63, 3.8) is 0 Å². The normalized spacial score (nSPS) is 15.3. The SMILES string of the molecule is C[Si](C)(C)CCOCn1cc(C2=C(C(N)=NC=N)C(=O)NC2=O)c2cccnc21. The largest absolute Gasteiger partial charge is 0.383 e. The van der Waals surface area contributed by atoms with Crippen molar-refractivity contribution >= 4 is 48.7 Å². The van der Waals surface area contributed by atoms with E-state index in [4.69, 9.17) is 15.9 Å². The van der Waals surface area contributed by atoms with Crippen molar-refractivity contribution in [2.45, 2.75) is 32.4 Å². The number of carbonyl (C=O) groups excluding carboxylic acids is 2. The number of nitrogens with zero attached hydrogens (tertiary/aromatic N) is 3. The van der Waals surface area contributed by atoms with Crippen molar-refractivity contribution in [1.29, 1.82) is 5.41 Å². The molecule has 0 saturated carbocycles. The summed E-state index contributed by atoms with van der Waals surface area (Å²) in [5.74, 6) is -1.38. The molecule has 0 bridgehead atoms. The number of nitrogens with one attached hydrogen (secondary N) is 2. The van der Waals surface area contributed by atoms with Crippen LogP contribution in [0.1, 0.15) is 5.56 Å². The van der Waals surface area contributed by atoms with Crippen LogP contribution in [-0.4, -0.2) is 48.2 Å². The molecule has 10 heteroatoms. The van der Waals surface area contributed by atoms with Gasteiger partial charge in [-0.2, -0.15) is 0 Å². The molecule has 0 fully saturated rings. The van der Waals surface area contributed by atoms with Gasteiger partial charge in [0, 0.05) is 38.0 Å². The van der Waals surface area contributed by atoms with Gasteiger partial charge in [0.05, 0.1) is 11.1 Å². The van der Waals surface area contributed by atoms with Gasteiger partial charge in [-0.05, 0) is 18.2 Å². The number of ether oxygens (including phenoxy) is 1. The first-order valence-corrected chi connectivity index (χ1v) is 12.9. The average Bonchev–Trinajstić information content (AvgIpc) is 3.15. The molecule has 2 amide bonds. The first kappa shape index (κ1) is 20.6. The Kier molecular flexibility index (Phi) is 5.75. The molecule has 0 unspecified atom stereocenters. The number of amidine groups is 1. The van der Waals surface area contributed by atoms with Crippen LogP contribution in [0.15, 0.2) is 35.1 Å². The average molecular weight is 413 g/mol. The molecule has 2 aromatic heterocycles. The van der Waals surface area contributed by atoms with E-state index in [1.807, 2.05) is 6.07 Å². The highest BCUT2D eigenvalue weighted by Crippen LogP contribution is 2.31. The fourth-order valence-corrected chi connectivity index (χ4v) is 3.81. The predicted octanol–water partition coefficient (Wildman–Crippen LogP) is 1.72. The molecule has 0 spiro atoms. The molecular weight excluding hydrogens is 388 g/mol. The summed E-state index contributed by atoms with van der Waals surface area (Å²) in [6.07, 6.45) is 4.12. The third-order valence-corrected chi connectivity index (χ3v) is 6.23. The quantitative estimate of drug-likeness (QED) is 0.199. The van der Waals surface area contributed by atoms with Crippen molar-refractivity contribution in [1.82, 2.24) is 14.9 Å². The smallest absolute Gasteiger partial charge is 0.262 e. The molecule has 3 heterocycles. The number of pyridine rings is 1. The second-order valence-electron chi connectivity index (χ2n) is 7.91. The minimum atomic E-state index is -1.20. The van der Waals surface area contributed by atoms with Gasteiger partial charge in [-0.3, -0.25) is 20.3 Å². The molecule has 152 valence electrons. The van der Waals surface area contributed by atoms with Gasteiger partial charge < -0.3 is 15.0 Å². The van der Waals surface area contributed by atoms with Crippen LogP contribution in [0.3, 0.4) is 0 Å². The summed E-state index contributed by atoms with van der Waals surface area (Å²) in [4.78, 5) is 32.8. The van der Waals surface area contributed by atoms with Gasteiger partial charge in [0.15, 0.2) is 0 Å². The Morgan fingerprint density at radius 2 is 2.14 bits per heavy atom. The Hall–Kier alpha value is -3.11. The molecule has 2 aromatic rings. The van der Waals surface area contributed by atoms with Crippen molar-refractivity contribution in [3.05, 3.63) is 35.7 Å². The first-order chi connectivity index (χ1) is 13.7. The van der Waals surface area contributed by atoms with Crippen molar-refractivity contribution < 1.29 is 14.3 Å². The zero-order chi connectivity index (χ0) is 21.2. The molecular formula is C19H24N6O3Si. The molecule has 1 aliphatic rings. The van der Waals surface area contributed by atoms with Crippen LogP contribution in [0.5, 0.6) is 0 Å². The lowest BCUT2D eigenvalue weighted by atomic mass is 10.0. The van der Waals surface area contributed by atoms with Crippen LogP contribution < -0.4 is 11.1 Å². The highest BCUT2D eigenvalue weighted by atomic mass is 28.3. The summed E-state index contributed by atoms with van der Waals surface area (Å²) in [6, 6.07) is 4.61. The molecule has 0 saturated heterocycles. The Labute approximate surface area is 169 Å². The van der Waals surface area contributed by atoms with E-state index in [9.17, 15) is 9.59 Å². The maximum atomic E-state index is 12.5. The summed E-state index contributed by atoms with van der Waals surface area (Å²) in [5.41, 5.74) is 7.08. The maximum absolute atomic E-state index is 12.5. The standard InChI is InChI=1S/C19H24N6O3Si/c1-29(2,3)8-7-28-11-25-9-13(12-5-4-6-22-17(12)25)14-15(16(21)23-10-20)19(27)24-18(14)26/h4-6,9-10H,7-8,11H2,1-3H3,(H3,20,21,23)(H,24,26,27). The number of hydrogen-bond acceptors (Lipinski definition) is 5. The lowest BCUT2D eigenvalue weighted by Gasteiger charge is -2.15. The molecule has 0 atom stereocenters.